The number of hydrogen-bond donors (Lipinski definition) is 0. The summed E-state index contributed by atoms with van der Waals surface area (Å²) in [5.41, 5.74) is 1.89. The molecule has 0 amide bonds. The van der Waals surface area contributed by atoms with Crippen LogP contribution in [0.3, 0.4) is 0 Å². The van der Waals surface area contributed by atoms with Crippen LogP contribution in [-0.2, 0) is 24.6 Å². The van der Waals surface area contributed by atoms with E-state index in [4.69, 9.17) is 4.74 Å². The summed E-state index contributed by atoms with van der Waals surface area (Å²) in [5, 5.41) is 18.1. The van der Waals surface area contributed by atoms with Crippen LogP contribution in [0.4, 0.5) is 18.9 Å². The predicted molar refractivity (Wildman–Crippen MR) is 142 cm³/mol. The number of nitrogens with zero attached hydrogens (tertiary/aromatic N) is 4. The van der Waals surface area contributed by atoms with Crippen molar-refractivity contribution in [3.05, 3.63) is 76.3 Å². The SMILES string of the molecule is CCN(CC)CC1(c2ccc([N+]3([O-])CCc4c(C(F)(F)F)nn(-c5ccc(OC)cc5)c4C3)cc2)CCC1. The van der Waals surface area contributed by atoms with Crippen molar-refractivity contribution in [2.24, 2.45) is 0 Å². The lowest BCUT2D eigenvalue weighted by atomic mass is 9.64. The van der Waals surface area contributed by atoms with Crippen molar-refractivity contribution < 1.29 is 17.9 Å². The summed E-state index contributed by atoms with van der Waals surface area (Å²) in [7, 11) is 1.53. The Labute approximate surface area is 221 Å². The molecule has 1 unspecified atom stereocenters. The number of benzene rings is 2. The minimum Gasteiger partial charge on any atom is -0.627 e. The normalized spacial score (nSPS) is 20.7. The first-order valence-electron chi connectivity index (χ1n) is 13.4. The highest BCUT2D eigenvalue weighted by atomic mass is 19.4. The zero-order valence-electron chi connectivity index (χ0n) is 22.2. The second-order valence-electron chi connectivity index (χ2n) is 10.5. The Balaban J connectivity index is 1.47. The molecular weight excluding hydrogens is 493 g/mol. The van der Waals surface area contributed by atoms with Crippen molar-refractivity contribution in [2.75, 3.05) is 33.3 Å². The van der Waals surface area contributed by atoms with Crippen molar-refractivity contribution in [1.29, 1.82) is 0 Å². The van der Waals surface area contributed by atoms with Crippen molar-refractivity contribution in [2.45, 2.75) is 57.7 Å². The number of fused-ring (bicyclic) bond motifs is 1. The molecule has 0 radical (unpaired) electrons. The van der Waals surface area contributed by atoms with Gasteiger partial charge in [-0.1, -0.05) is 32.4 Å². The van der Waals surface area contributed by atoms with Crippen LogP contribution in [0.5, 0.6) is 5.75 Å². The third-order valence-corrected chi connectivity index (χ3v) is 8.49. The van der Waals surface area contributed by atoms with Gasteiger partial charge in [0, 0.05) is 23.9 Å². The Hall–Kier alpha value is -2.88. The molecule has 1 aromatic heterocycles. The van der Waals surface area contributed by atoms with Gasteiger partial charge in [-0.2, -0.15) is 18.3 Å². The lowest BCUT2D eigenvalue weighted by Crippen LogP contribution is -2.48. The molecule has 0 spiro atoms. The van der Waals surface area contributed by atoms with E-state index in [0.717, 1.165) is 32.5 Å². The van der Waals surface area contributed by atoms with E-state index in [2.05, 4.69) is 36.0 Å². The molecule has 0 saturated heterocycles. The van der Waals surface area contributed by atoms with Gasteiger partial charge in [0.1, 0.15) is 23.7 Å². The van der Waals surface area contributed by atoms with E-state index in [0.29, 0.717) is 22.8 Å². The summed E-state index contributed by atoms with van der Waals surface area (Å²) >= 11 is 0. The number of hydroxylamine groups is 2. The van der Waals surface area contributed by atoms with Gasteiger partial charge in [0.05, 0.1) is 19.3 Å². The molecule has 2 aromatic carbocycles. The smallest absolute Gasteiger partial charge is 0.435 e. The third-order valence-electron chi connectivity index (χ3n) is 8.49. The van der Waals surface area contributed by atoms with Crippen LogP contribution in [0.1, 0.15) is 55.6 Å². The van der Waals surface area contributed by atoms with Gasteiger partial charge >= 0.3 is 6.18 Å². The predicted octanol–water partition coefficient (Wildman–Crippen LogP) is 6.22. The molecule has 9 heteroatoms. The Bertz CT molecular complexity index is 1260. The molecule has 0 N–H and O–H groups in total. The van der Waals surface area contributed by atoms with Crippen LogP contribution < -0.4 is 9.38 Å². The summed E-state index contributed by atoms with van der Waals surface area (Å²) in [6.45, 7) is 7.28. The molecule has 6 nitrogen and oxygen atoms in total. The molecule has 5 rings (SSSR count). The maximum Gasteiger partial charge on any atom is 0.435 e. The van der Waals surface area contributed by atoms with E-state index in [1.54, 1.807) is 24.3 Å². The van der Waals surface area contributed by atoms with Gasteiger partial charge in [0.25, 0.3) is 0 Å². The molecule has 204 valence electrons. The highest BCUT2D eigenvalue weighted by molar-refractivity contribution is 5.51. The zero-order chi connectivity index (χ0) is 27.1. The first-order chi connectivity index (χ1) is 18.1. The second-order valence-corrected chi connectivity index (χ2v) is 10.5. The molecular formula is C29H35F3N4O2. The standard InChI is InChI=1S/C29H35F3N4O2/c1-4-34(5-2)20-28(16-6-17-28)21-7-11-23(12-8-21)36(37)18-15-25-26(19-36)35(33-27(25)29(30,31)32)22-9-13-24(38-3)14-10-22/h7-14H,4-6,15-20H2,1-3H3. The molecule has 1 aliphatic heterocycles. The first-order valence-corrected chi connectivity index (χ1v) is 13.4. The van der Waals surface area contributed by atoms with Gasteiger partial charge in [-0.25, -0.2) is 4.68 Å². The van der Waals surface area contributed by atoms with Gasteiger partial charge in [0.2, 0.25) is 0 Å². The minimum absolute atomic E-state index is 0.0114. The van der Waals surface area contributed by atoms with Crippen LogP contribution in [0.15, 0.2) is 48.5 Å². The summed E-state index contributed by atoms with van der Waals surface area (Å²) in [4.78, 5) is 2.44. The van der Waals surface area contributed by atoms with Gasteiger partial charge in [-0.3, -0.25) is 0 Å². The van der Waals surface area contributed by atoms with E-state index in [9.17, 15) is 18.4 Å². The molecule has 1 aliphatic carbocycles. The number of aromatic nitrogens is 2. The number of likely N-dealkylation sites (N-methyl/N-ethyl adjacent to an activating group) is 1. The van der Waals surface area contributed by atoms with Gasteiger partial charge in [-0.15, -0.1) is 0 Å². The molecule has 3 aromatic rings. The van der Waals surface area contributed by atoms with Crippen LogP contribution in [-0.4, -0.2) is 48.0 Å². The lowest BCUT2D eigenvalue weighted by molar-refractivity contribution is -0.142. The topological polar surface area (TPSA) is 53.3 Å². The fourth-order valence-electron chi connectivity index (χ4n) is 6.01. The number of alkyl halides is 3. The van der Waals surface area contributed by atoms with Crippen LogP contribution in [0, 0.1) is 5.21 Å². The van der Waals surface area contributed by atoms with E-state index < -0.39 is 16.5 Å². The molecule has 2 heterocycles. The van der Waals surface area contributed by atoms with Gasteiger partial charge < -0.3 is 19.5 Å². The van der Waals surface area contributed by atoms with Crippen molar-refractivity contribution >= 4 is 5.69 Å². The summed E-state index contributed by atoms with van der Waals surface area (Å²) in [5.74, 6) is 0.588. The maximum atomic E-state index is 14.1. The molecule has 1 fully saturated rings. The number of rotatable bonds is 8. The van der Waals surface area contributed by atoms with Gasteiger partial charge in [-0.05, 0) is 67.9 Å². The highest BCUT2D eigenvalue weighted by Crippen LogP contribution is 2.45. The minimum atomic E-state index is -4.60. The summed E-state index contributed by atoms with van der Waals surface area (Å²) < 4.78 is 47.4. The first kappa shape index (κ1) is 26.7. The largest absolute Gasteiger partial charge is 0.627 e. The fourth-order valence-corrected chi connectivity index (χ4v) is 6.01. The second kappa shape index (κ2) is 10.0. The van der Waals surface area contributed by atoms with E-state index in [1.165, 1.54) is 23.8 Å². The monoisotopic (exact) mass is 528 g/mol. The number of hydrogen-bond acceptors (Lipinski definition) is 4. The van der Waals surface area contributed by atoms with E-state index in [-0.39, 0.29) is 30.5 Å². The van der Waals surface area contributed by atoms with Crippen molar-refractivity contribution in [3.63, 3.8) is 0 Å². The van der Waals surface area contributed by atoms with E-state index in [1.807, 2.05) is 12.1 Å². The molecule has 2 aliphatic rings. The summed E-state index contributed by atoms with van der Waals surface area (Å²) in [6, 6.07) is 14.5. The maximum absolute atomic E-state index is 14.1. The number of quaternary nitrogens is 1. The number of ether oxygens (including phenoxy) is 1. The van der Waals surface area contributed by atoms with Crippen LogP contribution in [0.2, 0.25) is 0 Å². The molecule has 0 bridgehead atoms. The molecule has 1 saturated carbocycles. The Morgan fingerprint density at radius 1 is 1.05 bits per heavy atom. The Morgan fingerprint density at radius 2 is 1.71 bits per heavy atom. The number of halogens is 3. The summed E-state index contributed by atoms with van der Waals surface area (Å²) in [6.07, 6.45) is -1.13. The van der Waals surface area contributed by atoms with Crippen LogP contribution >= 0.6 is 0 Å². The fraction of sp³-hybridized carbons (Fsp3) is 0.483. The quantitative estimate of drug-likeness (QED) is 0.257. The highest BCUT2D eigenvalue weighted by Gasteiger charge is 2.44. The van der Waals surface area contributed by atoms with Crippen molar-refractivity contribution in [1.82, 2.24) is 19.3 Å². The molecule has 1 atom stereocenters. The number of methoxy groups -OCH3 is 1. The third kappa shape index (κ3) is 4.72. The van der Waals surface area contributed by atoms with E-state index >= 15 is 0 Å². The Kier molecular flexibility index (Phi) is 7.04. The lowest BCUT2D eigenvalue weighted by Gasteiger charge is -2.47. The average molecular weight is 529 g/mol. The van der Waals surface area contributed by atoms with Crippen LogP contribution in [0.25, 0.3) is 5.69 Å². The Morgan fingerprint density at radius 3 is 2.24 bits per heavy atom. The zero-order valence-corrected chi connectivity index (χ0v) is 22.2. The average Bonchev–Trinajstić information content (AvgIpc) is 3.28. The van der Waals surface area contributed by atoms with Gasteiger partial charge in [0.15, 0.2) is 5.69 Å². The molecule has 38 heavy (non-hydrogen) atoms. The van der Waals surface area contributed by atoms with Crippen molar-refractivity contribution in [3.8, 4) is 11.4 Å².